The van der Waals surface area contributed by atoms with Gasteiger partial charge >= 0.3 is 0 Å². The minimum absolute atomic E-state index is 0.523. The third kappa shape index (κ3) is 2.16. The maximum Gasteiger partial charge on any atom is 0.120 e. The second-order valence-corrected chi connectivity index (χ2v) is 3.47. The van der Waals surface area contributed by atoms with E-state index in [1.165, 1.54) is 5.39 Å². The number of hydrogen-bond acceptors (Lipinski definition) is 2. The quantitative estimate of drug-likeness (QED) is 0.726. The molecule has 16 heavy (non-hydrogen) atoms. The minimum Gasteiger partial charge on any atom is -0.497 e. The molecule has 0 amide bonds. The van der Waals surface area contributed by atoms with Crippen molar-refractivity contribution in [1.82, 2.24) is 0 Å². The van der Waals surface area contributed by atoms with Crippen LogP contribution in [-0.4, -0.2) is 13.7 Å². The van der Waals surface area contributed by atoms with E-state index in [1.807, 2.05) is 36.4 Å². The van der Waals surface area contributed by atoms with Crippen molar-refractivity contribution in [3.05, 3.63) is 49.1 Å². The molecule has 0 saturated carbocycles. The molecule has 0 fully saturated rings. The smallest absolute Gasteiger partial charge is 0.120 e. The van der Waals surface area contributed by atoms with E-state index in [1.54, 1.807) is 13.2 Å². The zero-order chi connectivity index (χ0) is 11.4. The standard InChI is InChI=1S/C14H14O2/c1-3-8-16-14-7-5-11-4-6-13(15-2)9-12(11)10-14/h3-7,9-10H,1,8H2,2H3. The first kappa shape index (κ1) is 10.6. The lowest BCUT2D eigenvalue weighted by Crippen LogP contribution is -1.92. The van der Waals surface area contributed by atoms with Crippen molar-refractivity contribution in [3.8, 4) is 11.5 Å². The zero-order valence-electron chi connectivity index (χ0n) is 9.27. The van der Waals surface area contributed by atoms with E-state index in [0.717, 1.165) is 16.9 Å². The Morgan fingerprint density at radius 3 is 2.44 bits per heavy atom. The van der Waals surface area contributed by atoms with Crippen LogP contribution in [0.4, 0.5) is 0 Å². The molecule has 2 rings (SSSR count). The van der Waals surface area contributed by atoms with Crippen molar-refractivity contribution in [1.29, 1.82) is 0 Å². The highest BCUT2D eigenvalue weighted by Crippen LogP contribution is 2.24. The molecule has 2 aromatic rings. The second kappa shape index (κ2) is 4.71. The lowest BCUT2D eigenvalue weighted by molar-refractivity contribution is 0.364. The Labute approximate surface area is 95.1 Å². The summed E-state index contributed by atoms with van der Waals surface area (Å²) in [7, 11) is 1.67. The fourth-order valence-corrected chi connectivity index (χ4v) is 1.57. The summed E-state index contributed by atoms with van der Waals surface area (Å²) in [4.78, 5) is 0. The van der Waals surface area contributed by atoms with Crippen LogP contribution in [-0.2, 0) is 0 Å². The molecule has 0 aromatic heterocycles. The van der Waals surface area contributed by atoms with Gasteiger partial charge in [0.1, 0.15) is 18.1 Å². The molecule has 0 aliphatic rings. The maximum atomic E-state index is 5.48. The van der Waals surface area contributed by atoms with Crippen molar-refractivity contribution >= 4 is 10.8 Å². The molecule has 0 aliphatic carbocycles. The molecule has 2 aromatic carbocycles. The number of benzene rings is 2. The zero-order valence-corrected chi connectivity index (χ0v) is 9.27. The molecule has 0 unspecified atom stereocenters. The summed E-state index contributed by atoms with van der Waals surface area (Å²) in [6, 6.07) is 12.0. The third-order valence-electron chi connectivity index (χ3n) is 2.39. The number of methoxy groups -OCH3 is 1. The van der Waals surface area contributed by atoms with E-state index in [-0.39, 0.29) is 0 Å². The van der Waals surface area contributed by atoms with Crippen molar-refractivity contribution in [2.45, 2.75) is 0 Å². The van der Waals surface area contributed by atoms with Crippen LogP contribution in [0.15, 0.2) is 49.1 Å². The van der Waals surface area contributed by atoms with Crippen molar-refractivity contribution < 1.29 is 9.47 Å². The van der Waals surface area contributed by atoms with Gasteiger partial charge in [-0.2, -0.15) is 0 Å². The molecule has 0 saturated heterocycles. The van der Waals surface area contributed by atoms with Crippen LogP contribution in [0.25, 0.3) is 10.8 Å². The summed E-state index contributed by atoms with van der Waals surface area (Å²) in [5.74, 6) is 1.70. The Morgan fingerprint density at radius 1 is 1.06 bits per heavy atom. The molecule has 82 valence electrons. The number of rotatable bonds is 4. The lowest BCUT2D eigenvalue weighted by Gasteiger charge is -2.06. The second-order valence-electron chi connectivity index (χ2n) is 3.47. The van der Waals surface area contributed by atoms with Crippen molar-refractivity contribution in [3.63, 3.8) is 0 Å². The van der Waals surface area contributed by atoms with E-state index in [0.29, 0.717) is 6.61 Å². The van der Waals surface area contributed by atoms with Gasteiger partial charge in [-0.25, -0.2) is 0 Å². The fraction of sp³-hybridized carbons (Fsp3) is 0.143. The molecule has 0 N–H and O–H groups in total. The van der Waals surface area contributed by atoms with Crippen LogP contribution in [0.3, 0.4) is 0 Å². The molecule has 0 bridgehead atoms. The summed E-state index contributed by atoms with van der Waals surface area (Å²) < 4.78 is 10.7. The van der Waals surface area contributed by atoms with Gasteiger partial charge in [-0.05, 0) is 35.0 Å². The SMILES string of the molecule is C=CCOc1ccc2ccc(OC)cc2c1. The van der Waals surface area contributed by atoms with Gasteiger partial charge in [0.05, 0.1) is 7.11 Å². The molecule has 0 radical (unpaired) electrons. The van der Waals surface area contributed by atoms with Crippen LogP contribution in [0.5, 0.6) is 11.5 Å². The average molecular weight is 214 g/mol. The summed E-state index contributed by atoms with van der Waals surface area (Å²) >= 11 is 0. The van der Waals surface area contributed by atoms with Crippen LogP contribution in [0.1, 0.15) is 0 Å². The number of fused-ring (bicyclic) bond motifs is 1. The fourth-order valence-electron chi connectivity index (χ4n) is 1.57. The summed E-state index contributed by atoms with van der Waals surface area (Å²) in [6.45, 7) is 4.14. The topological polar surface area (TPSA) is 18.5 Å². The van der Waals surface area contributed by atoms with Gasteiger partial charge in [-0.1, -0.05) is 24.8 Å². The first-order valence-corrected chi connectivity index (χ1v) is 5.15. The number of hydrogen-bond donors (Lipinski definition) is 0. The molecule has 2 heteroatoms. The van der Waals surface area contributed by atoms with Gasteiger partial charge < -0.3 is 9.47 Å². The van der Waals surface area contributed by atoms with Gasteiger partial charge in [-0.15, -0.1) is 0 Å². The Bertz CT molecular complexity index is 503. The maximum absolute atomic E-state index is 5.48. The summed E-state index contributed by atoms with van der Waals surface area (Å²) in [5.41, 5.74) is 0. The van der Waals surface area contributed by atoms with Crippen LogP contribution >= 0.6 is 0 Å². The Hall–Kier alpha value is -1.96. The summed E-state index contributed by atoms with van der Waals surface area (Å²) in [5, 5.41) is 2.28. The largest absolute Gasteiger partial charge is 0.497 e. The third-order valence-corrected chi connectivity index (χ3v) is 2.39. The van der Waals surface area contributed by atoms with E-state index < -0.39 is 0 Å². The van der Waals surface area contributed by atoms with Crippen molar-refractivity contribution in [2.75, 3.05) is 13.7 Å². The molecule has 0 spiro atoms. The highest BCUT2D eigenvalue weighted by Gasteiger charge is 1.98. The van der Waals surface area contributed by atoms with E-state index in [2.05, 4.69) is 6.58 Å². The first-order chi connectivity index (χ1) is 7.83. The van der Waals surface area contributed by atoms with E-state index >= 15 is 0 Å². The van der Waals surface area contributed by atoms with Crippen LogP contribution < -0.4 is 9.47 Å². The number of ether oxygens (including phenoxy) is 2. The summed E-state index contributed by atoms with van der Waals surface area (Å²) in [6.07, 6.45) is 1.73. The van der Waals surface area contributed by atoms with E-state index in [4.69, 9.17) is 9.47 Å². The Kier molecular flexibility index (Phi) is 3.10. The highest BCUT2D eigenvalue weighted by atomic mass is 16.5. The average Bonchev–Trinajstić information content (AvgIpc) is 2.35. The molecular weight excluding hydrogens is 200 g/mol. The van der Waals surface area contributed by atoms with Gasteiger partial charge in [0.2, 0.25) is 0 Å². The molecule has 0 aliphatic heterocycles. The Morgan fingerprint density at radius 2 is 1.75 bits per heavy atom. The van der Waals surface area contributed by atoms with E-state index in [9.17, 15) is 0 Å². The predicted octanol–water partition coefficient (Wildman–Crippen LogP) is 3.41. The minimum atomic E-state index is 0.523. The van der Waals surface area contributed by atoms with Gasteiger partial charge in [0.15, 0.2) is 0 Å². The Balaban J connectivity index is 2.38. The van der Waals surface area contributed by atoms with Crippen LogP contribution in [0, 0.1) is 0 Å². The van der Waals surface area contributed by atoms with Gasteiger partial charge in [0, 0.05) is 0 Å². The first-order valence-electron chi connectivity index (χ1n) is 5.15. The lowest BCUT2D eigenvalue weighted by atomic mass is 10.1. The molecule has 2 nitrogen and oxygen atoms in total. The van der Waals surface area contributed by atoms with Crippen molar-refractivity contribution in [2.24, 2.45) is 0 Å². The highest BCUT2D eigenvalue weighted by molar-refractivity contribution is 5.85. The van der Waals surface area contributed by atoms with Gasteiger partial charge in [-0.3, -0.25) is 0 Å². The molecule has 0 atom stereocenters. The van der Waals surface area contributed by atoms with Crippen LogP contribution in [0.2, 0.25) is 0 Å². The molecule has 0 heterocycles. The normalized spacial score (nSPS) is 10.1. The van der Waals surface area contributed by atoms with Gasteiger partial charge in [0.25, 0.3) is 0 Å². The molecular formula is C14H14O2. The monoisotopic (exact) mass is 214 g/mol. The predicted molar refractivity (Wildman–Crippen MR) is 66.2 cm³/mol.